The van der Waals surface area contributed by atoms with Crippen LogP contribution in [0.3, 0.4) is 0 Å². The predicted molar refractivity (Wildman–Crippen MR) is 214 cm³/mol. The lowest BCUT2D eigenvalue weighted by Crippen LogP contribution is -2.40. The van der Waals surface area contributed by atoms with Gasteiger partial charge in [0.05, 0.1) is 12.2 Å². The number of esters is 1. The fourth-order valence-electron chi connectivity index (χ4n) is 8.18. The number of nitrogens with zero attached hydrogens (tertiary/aromatic N) is 1. The number of hydrogen-bond donors (Lipinski definition) is 2. The van der Waals surface area contributed by atoms with Crippen LogP contribution in [0.5, 0.6) is 0 Å². The average Bonchev–Trinajstić information content (AvgIpc) is 3.37. The number of carbonyl (C=O) groups is 2. The number of rotatable bonds is 31. The lowest BCUT2D eigenvalue weighted by molar-refractivity contribution is -0.152. The highest BCUT2D eigenvalue weighted by molar-refractivity contribution is 6.21. The zero-order valence-corrected chi connectivity index (χ0v) is 33.9. The molecule has 0 radical (unpaired) electrons. The number of unbranched alkanes of at least 4 members (excludes halogenated alkanes) is 16. The molecule has 296 valence electrons. The van der Waals surface area contributed by atoms with E-state index >= 15 is 0 Å². The summed E-state index contributed by atoms with van der Waals surface area (Å²) in [4.78, 5) is 26.8. The molecule has 0 aliphatic heterocycles. The van der Waals surface area contributed by atoms with Crippen molar-refractivity contribution >= 4 is 23.5 Å². The first kappa shape index (κ1) is 45.8. The van der Waals surface area contributed by atoms with E-state index in [1.165, 1.54) is 96.3 Å². The second kappa shape index (κ2) is 28.1. The molecule has 0 unspecified atom stereocenters. The van der Waals surface area contributed by atoms with Gasteiger partial charge < -0.3 is 19.8 Å². The third-order valence-electron chi connectivity index (χ3n) is 12.0. The second-order valence-corrected chi connectivity index (χ2v) is 16.4. The summed E-state index contributed by atoms with van der Waals surface area (Å²) in [6.45, 7) is 7.62. The Morgan fingerprint density at radius 1 is 0.843 bits per heavy atom. The summed E-state index contributed by atoms with van der Waals surface area (Å²) in [5.41, 5.74) is 0.0819. The van der Waals surface area contributed by atoms with Gasteiger partial charge in [0, 0.05) is 30.8 Å². The van der Waals surface area contributed by atoms with Gasteiger partial charge in [-0.3, -0.25) is 9.59 Å². The van der Waals surface area contributed by atoms with Crippen molar-refractivity contribution in [3.8, 4) is 0 Å². The van der Waals surface area contributed by atoms with Gasteiger partial charge in [-0.05, 0) is 76.0 Å². The molecular weight excluding hydrogens is 658 g/mol. The van der Waals surface area contributed by atoms with Crippen LogP contribution in [0.1, 0.15) is 188 Å². The van der Waals surface area contributed by atoms with Crippen molar-refractivity contribution in [2.45, 2.75) is 205 Å². The molecule has 2 rings (SSSR count). The van der Waals surface area contributed by atoms with Crippen LogP contribution in [-0.2, 0) is 14.3 Å². The summed E-state index contributed by atoms with van der Waals surface area (Å²) in [5, 5.41) is 21.3. The minimum atomic E-state index is -0.460. The molecule has 6 nitrogen and oxygen atoms in total. The monoisotopic (exact) mass is 736 g/mol. The van der Waals surface area contributed by atoms with Gasteiger partial charge in [0.1, 0.15) is 0 Å². The molecule has 0 aromatic heterocycles. The Kier molecular flexibility index (Phi) is 25.3. The number of aliphatic hydroxyl groups is 2. The van der Waals surface area contributed by atoms with Crippen LogP contribution >= 0.6 is 11.6 Å². The van der Waals surface area contributed by atoms with Crippen LogP contribution in [-0.4, -0.2) is 64.3 Å². The van der Waals surface area contributed by atoms with E-state index in [-0.39, 0.29) is 53.6 Å². The van der Waals surface area contributed by atoms with Crippen molar-refractivity contribution < 1.29 is 24.5 Å². The number of halogens is 1. The minimum Gasteiger partial charge on any atom is -0.456 e. The van der Waals surface area contributed by atoms with E-state index in [1.807, 2.05) is 11.8 Å². The first-order chi connectivity index (χ1) is 24.8. The van der Waals surface area contributed by atoms with Crippen molar-refractivity contribution in [3.63, 3.8) is 0 Å². The summed E-state index contributed by atoms with van der Waals surface area (Å²) in [6, 6.07) is 0. The molecule has 2 saturated carbocycles. The maximum absolute atomic E-state index is 12.7. The molecule has 7 heteroatoms. The Bertz CT molecular complexity index is 960. The van der Waals surface area contributed by atoms with Crippen LogP contribution in [0.25, 0.3) is 0 Å². The summed E-state index contributed by atoms with van der Waals surface area (Å²) in [5.74, 6) is -0.296. The SMILES string of the molecule is CCCCCCCCCCCCCCCCCCN(CC)C(=O)COC(=O)CCC/C=C\C[C@@H]1[C@@H](/C=C/C[C@H](O)C2(CC)CCC2)[C@H](O)C[C@H]1Cl. The smallest absolute Gasteiger partial charge is 0.306 e. The van der Waals surface area contributed by atoms with Gasteiger partial charge in [0.25, 0.3) is 5.91 Å². The maximum Gasteiger partial charge on any atom is 0.306 e. The number of alkyl halides is 1. The van der Waals surface area contributed by atoms with Gasteiger partial charge in [0.2, 0.25) is 0 Å². The zero-order chi connectivity index (χ0) is 37.2. The predicted octanol–water partition coefficient (Wildman–Crippen LogP) is 11.2. The summed E-state index contributed by atoms with van der Waals surface area (Å²) >= 11 is 6.63. The molecule has 0 aromatic carbocycles. The largest absolute Gasteiger partial charge is 0.456 e. The molecule has 51 heavy (non-hydrogen) atoms. The molecular formula is C44H78ClNO5. The zero-order valence-electron chi connectivity index (χ0n) is 33.1. The molecule has 2 aliphatic rings. The molecule has 1 amide bonds. The molecule has 0 saturated heterocycles. The Morgan fingerprint density at radius 3 is 1.96 bits per heavy atom. The number of amides is 1. The average molecular weight is 737 g/mol. The van der Waals surface area contributed by atoms with Crippen LogP contribution in [0, 0.1) is 17.3 Å². The highest BCUT2D eigenvalue weighted by atomic mass is 35.5. The van der Waals surface area contributed by atoms with E-state index in [4.69, 9.17) is 16.3 Å². The first-order valence-corrected chi connectivity index (χ1v) is 22.0. The molecule has 2 aliphatic carbocycles. The van der Waals surface area contributed by atoms with Crippen LogP contribution < -0.4 is 0 Å². The van der Waals surface area contributed by atoms with Crippen LogP contribution in [0.2, 0.25) is 0 Å². The van der Waals surface area contributed by atoms with E-state index in [2.05, 4.69) is 38.2 Å². The van der Waals surface area contributed by atoms with Crippen LogP contribution in [0.4, 0.5) is 0 Å². The van der Waals surface area contributed by atoms with E-state index in [0.29, 0.717) is 25.8 Å². The summed E-state index contributed by atoms with van der Waals surface area (Å²) in [6.07, 6.45) is 36.9. The van der Waals surface area contributed by atoms with Gasteiger partial charge in [0.15, 0.2) is 6.61 Å². The van der Waals surface area contributed by atoms with Crippen molar-refractivity contribution in [2.75, 3.05) is 19.7 Å². The van der Waals surface area contributed by atoms with Crippen molar-refractivity contribution in [1.82, 2.24) is 4.90 Å². The van der Waals surface area contributed by atoms with Gasteiger partial charge in [-0.1, -0.05) is 141 Å². The number of carbonyl (C=O) groups excluding carboxylic acids is 2. The Labute approximate surface area is 318 Å². The highest BCUT2D eigenvalue weighted by Gasteiger charge is 2.42. The number of allylic oxidation sites excluding steroid dienone is 2. The topological polar surface area (TPSA) is 87.1 Å². The van der Waals surface area contributed by atoms with Gasteiger partial charge in [-0.15, -0.1) is 11.6 Å². The molecule has 0 aromatic rings. The van der Waals surface area contributed by atoms with Gasteiger partial charge >= 0.3 is 5.97 Å². The molecule has 0 bridgehead atoms. The highest BCUT2D eigenvalue weighted by Crippen LogP contribution is 2.48. The lowest BCUT2D eigenvalue weighted by atomic mass is 9.63. The van der Waals surface area contributed by atoms with E-state index in [1.54, 1.807) is 0 Å². The number of ether oxygens (including phenoxy) is 1. The Balaban J connectivity index is 1.49. The quantitative estimate of drug-likeness (QED) is 0.0320. The maximum atomic E-state index is 12.7. The summed E-state index contributed by atoms with van der Waals surface area (Å²) in [7, 11) is 0. The van der Waals surface area contributed by atoms with E-state index < -0.39 is 6.10 Å². The standard InChI is InChI=1S/C44H78ClNO5/c1-4-7-8-9-10-11-12-13-14-15-16-17-18-19-22-25-34-46(6-3)42(49)36-51-43(50)31-24-21-20-23-28-37-38(40(47)35-39(37)45)29-26-30-41(48)44(5-2)32-27-33-44/h20,23,26,29,37-41,47-48H,4-19,21-22,24-25,27-28,30-36H2,1-3H3/b23-20-,29-26+/t37-,38-,39-,40-,41+/m1/s1. The van der Waals surface area contributed by atoms with E-state index in [0.717, 1.165) is 51.5 Å². The van der Waals surface area contributed by atoms with Crippen molar-refractivity contribution in [1.29, 1.82) is 0 Å². The molecule has 0 heterocycles. The fraction of sp³-hybridized carbons (Fsp3) is 0.864. The second-order valence-electron chi connectivity index (χ2n) is 15.8. The third-order valence-corrected chi connectivity index (χ3v) is 12.5. The van der Waals surface area contributed by atoms with Crippen molar-refractivity contribution in [3.05, 3.63) is 24.3 Å². The van der Waals surface area contributed by atoms with E-state index in [9.17, 15) is 19.8 Å². The first-order valence-electron chi connectivity index (χ1n) is 21.5. The molecule has 2 N–H and O–H groups in total. The molecule has 5 atom stereocenters. The Hall–Kier alpha value is -1.37. The summed E-state index contributed by atoms with van der Waals surface area (Å²) < 4.78 is 5.32. The van der Waals surface area contributed by atoms with Gasteiger partial charge in [-0.25, -0.2) is 0 Å². The van der Waals surface area contributed by atoms with Crippen LogP contribution in [0.15, 0.2) is 24.3 Å². The Morgan fingerprint density at radius 2 is 1.43 bits per heavy atom. The number of hydrogen-bond acceptors (Lipinski definition) is 5. The van der Waals surface area contributed by atoms with Crippen molar-refractivity contribution in [2.24, 2.45) is 17.3 Å². The number of aliphatic hydroxyl groups excluding tert-OH is 2. The third kappa shape index (κ3) is 18.5. The normalized spacial score (nSPS) is 22.1. The molecule has 0 spiro atoms. The minimum absolute atomic E-state index is 0.0115. The number of likely N-dealkylation sites (N-methyl/N-ethyl adjacent to an activating group) is 1. The van der Waals surface area contributed by atoms with Gasteiger partial charge in [-0.2, -0.15) is 0 Å². The molecule has 2 fully saturated rings. The lowest BCUT2D eigenvalue weighted by Gasteiger charge is -2.45. The fourth-order valence-corrected chi connectivity index (χ4v) is 8.64.